The number of nitrogens with zero attached hydrogens (tertiary/aromatic N) is 3. The second kappa shape index (κ2) is 5.75. The van der Waals surface area contributed by atoms with Crippen LogP contribution in [-0.2, 0) is 7.05 Å². The van der Waals surface area contributed by atoms with Crippen molar-refractivity contribution in [3.05, 3.63) is 53.6 Å². The van der Waals surface area contributed by atoms with Crippen LogP contribution in [0.2, 0.25) is 0 Å². The quantitative estimate of drug-likeness (QED) is 0.818. The zero-order chi connectivity index (χ0) is 15.7. The Balaban J connectivity index is 1.89. The minimum absolute atomic E-state index is 0.0192. The number of pyridine rings is 1. The van der Waals surface area contributed by atoms with Crippen molar-refractivity contribution in [3.63, 3.8) is 0 Å². The van der Waals surface area contributed by atoms with Crippen molar-refractivity contribution in [2.24, 2.45) is 7.05 Å². The summed E-state index contributed by atoms with van der Waals surface area (Å²) in [4.78, 5) is 30.3. The van der Waals surface area contributed by atoms with Gasteiger partial charge in [-0.2, -0.15) is 0 Å². The molecule has 2 aromatic heterocycles. The normalized spacial score (nSPS) is 17.7. The summed E-state index contributed by atoms with van der Waals surface area (Å²) in [5, 5.41) is 0. The van der Waals surface area contributed by atoms with E-state index in [2.05, 4.69) is 4.98 Å². The molecular formula is C17H19N3O2. The number of aryl methyl sites for hydroxylation is 1. The number of aromatic nitrogens is 2. The number of hydrogen-bond donors (Lipinski definition) is 0. The lowest BCUT2D eigenvalue weighted by Gasteiger charge is -2.25. The lowest BCUT2D eigenvalue weighted by Crippen LogP contribution is -2.31. The summed E-state index contributed by atoms with van der Waals surface area (Å²) in [6.45, 7) is 2.26. The molecule has 1 amide bonds. The van der Waals surface area contributed by atoms with Gasteiger partial charge in [0.05, 0.1) is 6.04 Å². The second-order valence-electron chi connectivity index (χ2n) is 5.72. The van der Waals surface area contributed by atoms with E-state index in [1.807, 2.05) is 17.0 Å². The number of carbonyl (C=O) groups is 2. The van der Waals surface area contributed by atoms with Crippen molar-refractivity contribution in [1.29, 1.82) is 0 Å². The number of ketones is 1. The zero-order valence-electron chi connectivity index (χ0n) is 12.8. The maximum absolute atomic E-state index is 12.9. The molecule has 0 aromatic carbocycles. The standard InChI is InChI=1S/C17H19N3O2/c1-12(21)14-10-16(19(2)11-14)17(22)20-9-3-4-15(20)13-5-7-18-8-6-13/h5-8,10-11,15H,3-4,9H2,1-2H3. The molecule has 0 aliphatic carbocycles. The molecule has 22 heavy (non-hydrogen) atoms. The smallest absolute Gasteiger partial charge is 0.271 e. The van der Waals surface area contributed by atoms with Crippen LogP contribution in [0.5, 0.6) is 0 Å². The van der Waals surface area contributed by atoms with E-state index in [1.54, 1.807) is 36.3 Å². The Morgan fingerprint density at radius 1 is 1.27 bits per heavy atom. The van der Waals surface area contributed by atoms with Gasteiger partial charge in [0.25, 0.3) is 5.91 Å². The summed E-state index contributed by atoms with van der Waals surface area (Å²) < 4.78 is 1.74. The molecule has 0 radical (unpaired) electrons. The summed E-state index contributed by atoms with van der Waals surface area (Å²) in [6.07, 6.45) is 7.18. The van der Waals surface area contributed by atoms with Crippen molar-refractivity contribution >= 4 is 11.7 Å². The van der Waals surface area contributed by atoms with Gasteiger partial charge in [-0.25, -0.2) is 0 Å². The zero-order valence-corrected chi connectivity index (χ0v) is 12.8. The average Bonchev–Trinajstić information content (AvgIpc) is 3.14. The molecule has 0 saturated carbocycles. The van der Waals surface area contributed by atoms with Gasteiger partial charge in [-0.15, -0.1) is 0 Å². The number of amides is 1. The van der Waals surface area contributed by atoms with Crippen molar-refractivity contribution in [1.82, 2.24) is 14.5 Å². The van der Waals surface area contributed by atoms with Crippen LogP contribution in [0.15, 0.2) is 36.8 Å². The van der Waals surface area contributed by atoms with Crippen molar-refractivity contribution in [2.75, 3.05) is 6.54 Å². The molecule has 2 aromatic rings. The molecule has 3 rings (SSSR count). The third-order valence-corrected chi connectivity index (χ3v) is 4.24. The first-order chi connectivity index (χ1) is 10.6. The van der Waals surface area contributed by atoms with Gasteiger partial charge in [-0.3, -0.25) is 14.6 Å². The maximum Gasteiger partial charge on any atom is 0.271 e. The molecule has 1 unspecified atom stereocenters. The predicted octanol–water partition coefficient (Wildman–Crippen LogP) is 2.60. The summed E-state index contributed by atoms with van der Waals surface area (Å²) in [5.74, 6) is -0.0453. The Morgan fingerprint density at radius 3 is 2.64 bits per heavy atom. The van der Waals surface area contributed by atoms with Crippen LogP contribution in [0.25, 0.3) is 0 Å². The molecule has 1 aliphatic rings. The first-order valence-electron chi connectivity index (χ1n) is 7.46. The van der Waals surface area contributed by atoms with Crippen LogP contribution in [0.1, 0.15) is 52.2 Å². The van der Waals surface area contributed by atoms with Crippen LogP contribution in [0, 0.1) is 0 Å². The Labute approximate surface area is 129 Å². The van der Waals surface area contributed by atoms with Gasteiger partial charge in [0.2, 0.25) is 0 Å². The molecule has 1 atom stereocenters. The van der Waals surface area contributed by atoms with Crippen molar-refractivity contribution in [2.45, 2.75) is 25.8 Å². The Morgan fingerprint density at radius 2 is 2.00 bits per heavy atom. The number of carbonyl (C=O) groups excluding carboxylic acids is 2. The lowest BCUT2D eigenvalue weighted by molar-refractivity contribution is 0.0726. The highest BCUT2D eigenvalue weighted by Crippen LogP contribution is 2.32. The largest absolute Gasteiger partial charge is 0.346 e. The number of Topliss-reactive ketones (excluding diaryl/α,β-unsaturated/α-hetero) is 1. The highest BCUT2D eigenvalue weighted by atomic mass is 16.2. The fraction of sp³-hybridized carbons (Fsp3) is 0.353. The number of likely N-dealkylation sites (tertiary alicyclic amines) is 1. The summed E-state index contributed by atoms with van der Waals surface area (Å²) in [7, 11) is 1.80. The van der Waals surface area contributed by atoms with Crippen LogP contribution in [0.3, 0.4) is 0 Å². The predicted molar refractivity (Wildman–Crippen MR) is 82.7 cm³/mol. The van der Waals surface area contributed by atoms with Crippen molar-refractivity contribution in [3.8, 4) is 0 Å². The summed E-state index contributed by atoms with van der Waals surface area (Å²) >= 11 is 0. The molecule has 5 nitrogen and oxygen atoms in total. The fourth-order valence-electron chi connectivity index (χ4n) is 3.06. The summed E-state index contributed by atoms with van der Waals surface area (Å²) in [6, 6.07) is 5.70. The molecule has 3 heterocycles. The minimum atomic E-state index is -0.0262. The molecular weight excluding hydrogens is 278 g/mol. The molecule has 114 valence electrons. The van der Waals surface area contributed by atoms with Crippen LogP contribution in [-0.4, -0.2) is 32.7 Å². The van der Waals surface area contributed by atoms with Gasteiger partial charge < -0.3 is 9.47 Å². The first-order valence-corrected chi connectivity index (χ1v) is 7.46. The topological polar surface area (TPSA) is 55.2 Å². The summed E-state index contributed by atoms with van der Waals surface area (Å²) in [5.41, 5.74) is 2.25. The number of hydrogen-bond acceptors (Lipinski definition) is 3. The van der Waals surface area contributed by atoms with Gasteiger partial charge in [0, 0.05) is 37.7 Å². The van der Waals surface area contributed by atoms with E-state index in [9.17, 15) is 9.59 Å². The monoisotopic (exact) mass is 297 g/mol. The molecule has 5 heteroatoms. The van der Waals surface area contributed by atoms with E-state index >= 15 is 0 Å². The van der Waals surface area contributed by atoms with Crippen LogP contribution < -0.4 is 0 Å². The lowest BCUT2D eigenvalue weighted by atomic mass is 10.1. The van der Waals surface area contributed by atoms with E-state index in [-0.39, 0.29) is 17.7 Å². The van der Waals surface area contributed by atoms with Gasteiger partial charge >= 0.3 is 0 Å². The maximum atomic E-state index is 12.9. The van der Waals surface area contributed by atoms with Crippen LogP contribution >= 0.6 is 0 Å². The van der Waals surface area contributed by atoms with E-state index < -0.39 is 0 Å². The second-order valence-corrected chi connectivity index (χ2v) is 5.72. The van der Waals surface area contributed by atoms with Crippen molar-refractivity contribution < 1.29 is 9.59 Å². The van der Waals surface area contributed by atoms with Gasteiger partial charge in [0.15, 0.2) is 5.78 Å². The Bertz CT molecular complexity index is 706. The highest BCUT2D eigenvalue weighted by molar-refractivity contribution is 5.99. The SMILES string of the molecule is CC(=O)c1cc(C(=O)N2CCCC2c2ccncc2)n(C)c1. The Kier molecular flexibility index (Phi) is 3.79. The average molecular weight is 297 g/mol. The van der Waals surface area contributed by atoms with Crippen LogP contribution in [0.4, 0.5) is 0 Å². The molecule has 1 saturated heterocycles. The van der Waals surface area contributed by atoms with Gasteiger partial charge in [-0.1, -0.05) is 0 Å². The fourth-order valence-corrected chi connectivity index (χ4v) is 3.06. The number of rotatable bonds is 3. The molecule has 1 aliphatic heterocycles. The molecule has 0 bridgehead atoms. The highest BCUT2D eigenvalue weighted by Gasteiger charge is 2.31. The Hall–Kier alpha value is -2.43. The van der Waals surface area contributed by atoms with E-state index in [0.717, 1.165) is 24.9 Å². The molecule has 0 spiro atoms. The third-order valence-electron chi connectivity index (χ3n) is 4.24. The molecule has 0 N–H and O–H groups in total. The van der Waals surface area contributed by atoms with Gasteiger partial charge in [-0.05, 0) is 43.5 Å². The van der Waals surface area contributed by atoms with E-state index in [1.165, 1.54) is 6.92 Å². The van der Waals surface area contributed by atoms with Gasteiger partial charge in [0.1, 0.15) is 5.69 Å². The first kappa shape index (κ1) is 14.5. The van der Waals surface area contributed by atoms with E-state index in [4.69, 9.17) is 0 Å². The molecule has 1 fully saturated rings. The minimum Gasteiger partial charge on any atom is -0.346 e. The van der Waals surface area contributed by atoms with E-state index in [0.29, 0.717) is 11.3 Å². The third kappa shape index (κ3) is 2.54.